The van der Waals surface area contributed by atoms with E-state index in [0.29, 0.717) is 12.5 Å². The van der Waals surface area contributed by atoms with Crippen LogP contribution in [0, 0.1) is 5.92 Å². The predicted molar refractivity (Wildman–Crippen MR) is 35.6 cm³/mol. The van der Waals surface area contributed by atoms with Crippen molar-refractivity contribution in [1.82, 2.24) is 0 Å². The lowest BCUT2D eigenvalue weighted by atomic mass is 10.5. The highest BCUT2D eigenvalue weighted by Crippen LogP contribution is 2.28. The minimum Gasteiger partial charge on any atom is -0.464 e. The molecule has 0 bridgehead atoms. The average Bonchev–Trinajstić information content (AvgIpc) is 2.67. The van der Waals surface area contributed by atoms with Crippen LogP contribution in [0.4, 0.5) is 0 Å². The second-order valence-electron chi connectivity index (χ2n) is 2.56. The van der Waals surface area contributed by atoms with Crippen molar-refractivity contribution in [2.24, 2.45) is 5.92 Å². The number of esters is 1. The molecule has 0 unspecified atom stereocenters. The Morgan fingerprint density at radius 2 is 2.30 bits per heavy atom. The highest BCUT2D eigenvalue weighted by atomic mass is 16.6. The van der Waals surface area contributed by atoms with Crippen molar-refractivity contribution in [3.63, 3.8) is 0 Å². The van der Waals surface area contributed by atoms with E-state index in [2.05, 4.69) is 4.74 Å². The van der Waals surface area contributed by atoms with E-state index in [9.17, 15) is 4.79 Å². The van der Waals surface area contributed by atoms with Gasteiger partial charge >= 0.3 is 5.97 Å². The number of carbonyl (C=O) groups excluding carboxylic acids is 1. The van der Waals surface area contributed by atoms with Crippen LogP contribution in [0.3, 0.4) is 0 Å². The number of hydrogen-bond donors (Lipinski definition) is 0. The van der Waals surface area contributed by atoms with Crippen molar-refractivity contribution >= 4 is 5.97 Å². The molecule has 0 N–H and O–H groups in total. The van der Waals surface area contributed by atoms with Gasteiger partial charge in [-0.3, -0.25) is 0 Å². The van der Waals surface area contributed by atoms with Crippen molar-refractivity contribution in [3.8, 4) is 0 Å². The summed E-state index contributed by atoms with van der Waals surface area (Å²) in [6.07, 6.45) is 2.42. The van der Waals surface area contributed by atoms with Gasteiger partial charge in [-0.25, -0.2) is 4.79 Å². The van der Waals surface area contributed by atoms with Crippen LogP contribution in [0.1, 0.15) is 12.8 Å². The first-order valence-electron chi connectivity index (χ1n) is 3.47. The lowest BCUT2D eigenvalue weighted by molar-refractivity contribution is -0.148. The first-order valence-corrected chi connectivity index (χ1v) is 3.47. The Kier molecular flexibility index (Phi) is 2.68. The van der Waals surface area contributed by atoms with Crippen LogP contribution < -0.4 is 0 Å². The molecule has 1 aliphatic carbocycles. The lowest BCUT2D eigenvalue weighted by Gasteiger charge is -2.00. The number of hydrogen-bond acceptors (Lipinski definition) is 3. The normalized spacial score (nSPS) is 16.9. The van der Waals surface area contributed by atoms with E-state index in [4.69, 9.17) is 4.74 Å². The molecule has 0 aliphatic heterocycles. The summed E-state index contributed by atoms with van der Waals surface area (Å²) in [5.74, 6) is 0.384. The maximum Gasteiger partial charge on any atom is 0.332 e. The van der Waals surface area contributed by atoms with Gasteiger partial charge in [0.15, 0.2) is 0 Å². The Bertz CT molecular complexity index is 118. The van der Waals surface area contributed by atoms with E-state index in [0.717, 1.165) is 0 Å². The summed E-state index contributed by atoms with van der Waals surface area (Å²) in [6, 6.07) is 0. The summed E-state index contributed by atoms with van der Waals surface area (Å²) in [7, 11) is 1.48. The average molecular weight is 144 g/mol. The van der Waals surface area contributed by atoms with E-state index in [1.807, 2.05) is 0 Å². The summed E-state index contributed by atoms with van der Waals surface area (Å²) in [5.41, 5.74) is 0. The molecule has 1 aliphatic rings. The maximum absolute atomic E-state index is 10.6. The van der Waals surface area contributed by atoms with Crippen LogP contribution >= 0.6 is 0 Å². The molecule has 0 aromatic carbocycles. The third kappa shape index (κ3) is 2.82. The molecular weight excluding hydrogens is 132 g/mol. The van der Waals surface area contributed by atoms with Gasteiger partial charge in [0.2, 0.25) is 0 Å². The first-order chi connectivity index (χ1) is 4.83. The number of carbonyl (C=O) groups is 1. The molecule has 0 aromatic heterocycles. The Morgan fingerprint density at radius 3 is 2.80 bits per heavy atom. The standard InChI is InChI=1S/C7H12O3/c1-9-5-7(8)10-4-6-2-3-6/h6H,2-5H2,1H3. The second kappa shape index (κ2) is 3.56. The van der Waals surface area contributed by atoms with Gasteiger partial charge in [-0.2, -0.15) is 0 Å². The maximum atomic E-state index is 10.6. The van der Waals surface area contributed by atoms with Gasteiger partial charge in [-0.15, -0.1) is 0 Å². The lowest BCUT2D eigenvalue weighted by Crippen LogP contribution is -2.12. The van der Waals surface area contributed by atoms with E-state index in [1.54, 1.807) is 0 Å². The second-order valence-corrected chi connectivity index (χ2v) is 2.56. The largest absolute Gasteiger partial charge is 0.464 e. The molecule has 10 heavy (non-hydrogen) atoms. The number of methoxy groups -OCH3 is 1. The minimum atomic E-state index is -0.255. The van der Waals surface area contributed by atoms with Crippen LogP contribution in [0.5, 0.6) is 0 Å². The van der Waals surface area contributed by atoms with Gasteiger partial charge in [-0.1, -0.05) is 0 Å². The van der Waals surface area contributed by atoms with Crippen molar-refractivity contribution in [2.75, 3.05) is 20.3 Å². The minimum absolute atomic E-state index is 0.0761. The van der Waals surface area contributed by atoms with Crippen LogP contribution in [-0.2, 0) is 14.3 Å². The van der Waals surface area contributed by atoms with Gasteiger partial charge in [0.1, 0.15) is 6.61 Å². The highest BCUT2D eigenvalue weighted by Gasteiger charge is 2.22. The summed E-state index contributed by atoms with van der Waals surface area (Å²) < 4.78 is 9.42. The molecular formula is C7H12O3. The fourth-order valence-electron chi connectivity index (χ4n) is 0.655. The smallest absolute Gasteiger partial charge is 0.332 e. The third-order valence-corrected chi connectivity index (χ3v) is 1.44. The van der Waals surface area contributed by atoms with Gasteiger partial charge in [-0.05, 0) is 18.8 Å². The van der Waals surface area contributed by atoms with Gasteiger partial charge in [0.05, 0.1) is 6.61 Å². The predicted octanol–water partition coefficient (Wildman–Crippen LogP) is 0.586. The molecule has 0 aromatic rings. The Labute approximate surface area is 60.3 Å². The molecule has 0 spiro atoms. The molecule has 0 heterocycles. The van der Waals surface area contributed by atoms with Crippen LogP contribution in [0.2, 0.25) is 0 Å². The van der Waals surface area contributed by atoms with Gasteiger partial charge < -0.3 is 9.47 Å². The topological polar surface area (TPSA) is 35.5 Å². The summed E-state index contributed by atoms with van der Waals surface area (Å²) in [4.78, 5) is 10.6. The fourth-order valence-corrected chi connectivity index (χ4v) is 0.655. The quantitative estimate of drug-likeness (QED) is 0.541. The Morgan fingerprint density at radius 1 is 1.60 bits per heavy atom. The summed E-state index contributed by atoms with van der Waals surface area (Å²) >= 11 is 0. The van der Waals surface area contributed by atoms with Crippen LogP contribution in [-0.4, -0.2) is 26.3 Å². The molecule has 0 atom stereocenters. The Hall–Kier alpha value is -0.570. The van der Waals surface area contributed by atoms with E-state index in [-0.39, 0.29) is 12.6 Å². The number of ether oxygens (including phenoxy) is 2. The van der Waals surface area contributed by atoms with Crippen molar-refractivity contribution in [2.45, 2.75) is 12.8 Å². The van der Waals surface area contributed by atoms with E-state index >= 15 is 0 Å². The Balaban J connectivity index is 1.94. The highest BCUT2D eigenvalue weighted by molar-refractivity contribution is 5.70. The first kappa shape index (κ1) is 7.54. The van der Waals surface area contributed by atoms with Gasteiger partial charge in [0.25, 0.3) is 0 Å². The fraction of sp³-hybridized carbons (Fsp3) is 0.857. The summed E-state index contributed by atoms with van der Waals surface area (Å²) in [6.45, 7) is 0.662. The van der Waals surface area contributed by atoms with Crippen molar-refractivity contribution in [3.05, 3.63) is 0 Å². The summed E-state index contributed by atoms with van der Waals surface area (Å²) in [5, 5.41) is 0. The molecule has 0 radical (unpaired) electrons. The molecule has 1 saturated carbocycles. The van der Waals surface area contributed by atoms with E-state index < -0.39 is 0 Å². The number of rotatable bonds is 4. The molecule has 3 nitrogen and oxygen atoms in total. The van der Waals surface area contributed by atoms with Crippen LogP contribution in [0.15, 0.2) is 0 Å². The SMILES string of the molecule is COCC(=O)OCC1CC1. The zero-order valence-electron chi connectivity index (χ0n) is 6.13. The zero-order valence-corrected chi connectivity index (χ0v) is 6.13. The molecule has 3 heteroatoms. The van der Waals surface area contributed by atoms with Crippen LogP contribution in [0.25, 0.3) is 0 Å². The molecule has 58 valence electrons. The molecule has 0 amide bonds. The van der Waals surface area contributed by atoms with Gasteiger partial charge in [0, 0.05) is 7.11 Å². The van der Waals surface area contributed by atoms with Crippen molar-refractivity contribution < 1.29 is 14.3 Å². The van der Waals surface area contributed by atoms with Crippen molar-refractivity contribution in [1.29, 1.82) is 0 Å². The molecule has 1 fully saturated rings. The molecule has 0 saturated heterocycles. The third-order valence-electron chi connectivity index (χ3n) is 1.44. The molecule has 1 rings (SSSR count). The zero-order chi connectivity index (χ0) is 7.40. The monoisotopic (exact) mass is 144 g/mol. The van der Waals surface area contributed by atoms with E-state index in [1.165, 1.54) is 20.0 Å².